The first-order valence-electron chi connectivity index (χ1n) is 15.2. The Labute approximate surface area is 242 Å². The third kappa shape index (κ3) is 8.17. The van der Waals surface area contributed by atoms with Crippen molar-refractivity contribution in [3.63, 3.8) is 0 Å². The summed E-state index contributed by atoms with van der Waals surface area (Å²) in [6.45, 7) is 3.10. The van der Waals surface area contributed by atoms with Gasteiger partial charge < -0.3 is 43.7 Å². The number of hydrogen-bond donors (Lipinski definition) is 3. The molecule has 3 rings (SSSR count). The van der Waals surface area contributed by atoms with Gasteiger partial charge in [-0.3, -0.25) is 0 Å². The molecular weight excluding hydrogens is 516 g/mol. The Morgan fingerprint density at radius 1 is 0.475 bits per heavy atom. The zero-order valence-corrected chi connectivity index (χ0v) is 25.8. The van der Waals surface area contributed by atoms with E-state index in [0.29, 0.717) is 51.5 Å². The molecule has 0 aliphatic heterocycles. The number of rotatable bonds is 15. The van der Waals surface area contributed by atoms with Crippen molar-refractivity contribution in [3.8, 4) is 0 Å². The molecular formula is C31H58O9. The normalized spacial score (nSPS) is 42.7. The fraction of sp³-hybridized carbons (Fsp3) is 1.00. The number of methoxy groups -OCH3 is 6. The van der Waals surface area contributed by atoms with Crippen LogP contribution in [0.5, 0.6) is 0 Å². The third-order valence-corrected chi connectivity index (χ3v) is 10.5. The van der Waals surface area contributed by atoms with E-state index >= 15 is 0 Å². The van der Waals surface area contributed by atoms with Gasteiger partial charge in [-0.25, -0.2) is 0 Å². The van der Waals surface area contributed by atoms with Crippen molar-refractivity contribution in [3.05, 3.63) is 0 Å². The highest BCUT2D eigenvalue weighted by molar-refractivity contribution is 5.03. The van der Waals surface area contributed by atoms with Crippen molar-refractivity contribution in [2.75, 3.05) is 82.3 Å². The van der Waals surface area contributed by atoms with Gasteiger partial charge in [-0.05, 0) is 62.2 Å². The van der Waals surface area contributed by atoms with Crippen molar-refractivity contribution in [2.45, 2.75) is 63.3 Å². The Balaban J connectivity index is 2.01. The molecule has 9 nitrogen and oxygen atoms in total. The second-order valence-electron chi connectivity index (χ2n) is 13.2. The summed E-state index contributed by atoms with van der Waals surface area (Å²) in [5, 5.41) is 33.8. The molecule has 0 heterocycles. The lowest BCUT2D eigenvalue weighted by molar-refractivity contribution is -0.143. The van der Waals surface area contributed by atoms with Crippen molar-refractivity contribution in [1.82, 2.24) is 0 Å². The number of aliphatic hydroxyl groups is 3. The molecule has 0 aromatic heterocycles. The average molecular weight is 575 g/mol. The lowest BCUT2D eigenvalue weighted by Gasteiger charge is -2.56. The summed E-state index contributed by atoms with van der Waals surface area (Å²) in [6, 6.07) is 0. The van der Waals surface area contributed by atoms with Crippen molar-refractivity contribution >= 4 is 0 Å². The van der Waals surface area contributed by atoms with Crippen LogP contribution in [0.15, 0.2) is 0 Å². The molecule has 0 aromatic rings. The molecule has 0 amide bonds. The number of hydrogen-bond acceptors (Lipinski definition) is 9. The minimum absolute atomic E-state index is 0.00576. The molecule has 3 aliphatic carbocycles. The molecule has 0 saturated heterocycles. The maximum atomic E-state index is 11.4. The Kier molecular flexibility index (Phi) is 14.1. The second-order valence-corrected chi connectivity index (χ2v) is 13.2. The SMILES string of the molecule is COCC1CC(CC2(C3CC(COC)C(O)C(COC)C3)CC(COC)C(O)C(COC)C2)CC(COC)C1O. The Bertz CT molecular complexity index is 660. The highest BCUT2D eigenvalue weighted by Crippen LogP contribution is 2.58. The lowest BCUT2D eigenvalue weighted by Crippen LogP contribution is -2.54. The molecule has 6 unspecified atom stereocenters. The van der Waals surface area contributed by atoms with E-state index in [4.69, 9.17) is 28.4 Å². The predicted octanol–water partition coefficient (Wildman–Crippen LogP) is 2.64. The largest absolute Gasteiger partial charge is 0.392 e. The van der Waals surface area contributed by atoms with Crippen LogP contribution in [0.25, 0.3) is 0 Å². The van der Waals surface area contributed by atoms with Gasteiger partial charge in [-0.15, -0.1) is 0 Å². The van der Waals surface area contributed by atoms with Crippen LogP contribution in [-0.4, -0.2) is 116 Å². The van der Waals surface area contributed by atoms with E-state index in [1.807, 2.05) is 0 Å². The summed E-state index contributed by atoms with van der Waals surface area (Å²) < 4.78 is 33.6. The first-order valence-corrected chi connectivity index (χ1v) is 15.2. The first kappa shape index (κ1) is 34.1. The summed E-state index contributed by atoms with van der Waals surface area (Å²) in [5.41, 5.74) is -0.0774. The van der Waals surface area contributed by atoms with Gasteiger partial charge in [0, 0.05) is 78.2 Å². The van der Waals surface area contributed by atoms with Gasteiger partial charge >= 0.3 is 0 Å². The van der Waals surface area contributed by atoms with Gasteiger partial charge in [0.05, 0.1) is 58.0 Å². The van der Waals surface area contributed by atoms with Gasteiger partial charge in [-0.1, -0.05) is 0 Å². The molecule has 6 atom stereocenters. The van der Waals surface area contributed by atoms with E-state index in [2.05, 4.69) is 0 Å². The highest BCUT2D eigenvalue weighted by atomic mass is 16.5. The van der Waals surface area contributed by atoms with Crippen molar-refractivity contribution in [2.24, 2.45) is 52.8 Å². The molecule has 236 valence electrons. The van der Waals surface area contributed by atoms with E-state index in [0.717, 1.165) is 44.9 Å². The second kappa shape index (κ2) is 16.5. The van der Waals surface area contributed by atoms with Gasteiger partial charge in [-0.2, -0.15) is 0 Å². The average Bonchev–Trinajstić information content (AvgIpc) is 2.92. The Hall–Kier alpha value is -0.360. The minimum Gasteiger partial charge on any atom is -0.392 e. The monoisotopic (exact) mass is 574 g/mol. The molecule has 3 fully saturated rings. The van der Waals surface area contributed by atoms with Crippen LogP contribution in [0, 0.1) is 52.8 Å². The molecule has 3 saturated carbocycles. The maximum Gasteiger partial charge on any atom is 0.0640 e. The van der Waals surface area contributed by atoms with E-state index < -0.39 is 18.3 Å². The fourth-order valence-electron chi connectivity index (χ4n) is 9.04. The Morgan fingerprint density at radius 2 is 0.775 bits per heavy atom. The molecule has 9 heteroatoms. The lowest BCUT2D eigenvalue weighted by atomic mass is 9.51. The Morgan fingerprint density at radius 3 is 1.12 bits per heavy atom. The highest BCUT2D eigenvalue weighted by Gasteiger charge is 2.54. The van der Waals surface area contributed by atoms with Gasteiger partial charge in [0.15, 0.2) is 0 Å². The predicted molar refractivity (Wildman–Crippen MR) is 152 cm³/mol. The van der Waals surface area contributed by atoms with Crippen LogP contribution in [0.3, 0.4) is 0 Å². The van der Waals surface area contributed by atoms with Crippen molar-refractivity contribution in [1.29, 1.82) is 0 Å². The minimum atomic E-state index is -0.484. The summed E-state index contributed by atoms with van der Waals surface area (Å²) in [4.78, 5) is 0. The van der Waals surface area contributed by atoms with Crippen LogP contribution >= 0.6 is 0 Å². The van der Waals surface area contributed by atoms with E-state index in [-0.39, 0.29) is 40.9 Å². The fourth-order valence-corrected chi connectivity index (χ4v) is 9.04. The van der Waals surface area contributed by atoms with Crippen LogP contribution in [0.1, 0.15) is 44.9 Å². The van der Waals surface area contributed by atoms with E-state index in [1.165, 1.54) is 0 Å². The summed E-state index contributed by atoms with van der Waals surface area (Å²) in [6.07, 6.45) is 4.90. The topological polar surface area (TPSA) is 116 Å². The van der Waals surface area contributed by atoms with Crippen LogP contribution in [0.2, 0.25) is 0 Å². The maximum absolute atomic E-state index is 11.4. The zero-order valence-electron chi connectivity index (χ0n) is 25.8. The smallest absolute Gasteiger partial charge is 0.0640 e. The molecule has 0 radical (unpaired) electrons. The van der Waals surface area contributed by atoms with Gasteiger partial charge in [0.25, 0.3) is 0 Å². The van der Waals surface area contributed by atoms with Crippen LogP contribution in [0.4, 0.5) is 0 Å². The summed E-state index contributed by atoms with van der Waals surface area (Å²) in [7, 11) is 10.2. The molecule has 0 aromatic carbocycles. The van der Waals surface area contributed by atoms with Gasteiger partial charge in [0.1, 0.15) is 0 Å². The third-order valence-electron chi connectivity index (χ3n) is 10.5. The van der Waals surface area contributed by atoms with E-state index in [9.17, 15) is 15.3 Å². The molecule has 0 bridgehead atoms. The van der Waals surface area contributed by atoms with Gasteiger partial charge in [0.2, 0.25) is 0 Å². The number of ether oxygens (including phenoxy) is 6. The molecule has 3 aliphatic rings. The van der Waals surface area contributed by atoms with E-state index in [1.54, 1.807) is 42.7 Å². The van der Waals surface area contributed by atoms with Crippen LogP contribution in [-0.2, 0) is 28.4 Å². The molecule has 40 heavy (non-hydrogen) atoms. The summed E-state index contributed by atoms with van der Waals surface area (Å²) >= 11 is 0. The summed E-state index contributed by atoms with van der Waals surface area (Å²) in [5.74, 6) is 0.924. The first-order chi connectivity index (χ1) is 19.3. The molecule has 0 spiro atoms. The number of aliphatic hydroxyl groups excluding tert-OH is 3. The van der Waals surface area contributed by atoms with Crippen molar-refractivity contribution < 1.29 is 43.7 Å². The quantitative estimate of drug-likeness (QED) is 0.271. The molecule has 3 N–H and O–H groups in total. The zero-order chi connectivity index (χ0) is 29.3. The standard InChI is InChI=1S/C31H58O9/c1-35-14-21-7-20(8-22(15-36-2)28(21)32)11-31(12-25(18-39-5)30(34)26(13-31)19-40-6)27-9-23(16-37-3)29(33)24(10-27)17-38-4/h20-30,32-34H,7-19H2,1-6H3. The van der Waals surface area contributed by atoms with Crippen LogP contribution < -0.4 is 0 Å².